The third kappa shape index (κ3) is 3.21. The SMILES string of the molecule is NCc1ccc(Oc2nccc(C(F)(F)F)n2)cc1F. The van der Waals surface area contributed by atoms with Gasteiger partial charge in [0, 0.05) is 24.4 Å². The smallest absolute Gasteiger partial charge is 0.424 e. The van der Waals surface area contributed by atoms with E-state index in [9.17, 15) is 17.6 Å². The molecular weight excluding hydrogens is 278 g/mol. The highest BCUT2D eigenvalue weighted by molar-refractivity contribution is 5.30. The van der Waals surface area contributed by atoms with Gasteiger partial charge in [0.1, 0.15) is 11.6 Å². The van der Waals surface area contributed by atoms with Crippen LogP contribution in [0.25, 0.3) is 0 Å². The normalized spacial score (nSPS) is 11.4. The maximum absolute atomic E-state index is 13.4. The molecule has 0 aliphatic heterocycles. The molecule has 0 unspecified atom stereocenters. The molecule has 2 N–H and O–H groups in total. The first-order chi connectivity index (χ1) is 9.40. The molecule has 106 valence electrons. The van der Waals surface area contributed by atoms with Crippen LogP contribution < -0.4 is 10.5 Å². The minimum Gasteiger partial charge on any atom is -0.424 e. The summed E-state index contributed by atoms with van der Waals surface area (Å²) in [4.78, 5) is 6.75. The van der Waals surface area contributed by atoms with Crippen LogP contribution in [0.5, 0.6) is 11.8 Å². The second-order valence-electron chi connectivity index (χ2n) is 3.78. The van der Waals surface area contributed by atoms with Crippen LogP contribution in [0, 0.1) is 5.82 Å². The summed E-state index contributed by atoms with van der Waals surface area (Å²) in [7, 11) is 0. The van der Waals surface area contributed by atoms with Gasteiger partial charge in [0.2, 0.25) is 0 Å². The quantitative estimate of drug-likeness (QED) is 0.882. The first kappa shape index (κ1) is 14.2. The van der Waals surface area contributed by atoms with Gasteiger partial charge in [-0.15, -0.1) is 0 Å². The fraction of sp³-hybridized carbons (Fsp3) is 0.167. The number of aromatic nitrogens is 2. The van der Waals surface area contributed by atoms with Crippen molar-refractivity contribution in [3.05, 3.63) is 47.5 Å². The molecule has 0 fully saturated rings. The van der Waals surface area contributed by atoms with Gasteiger partial charge in [-0.1, -0.05) is 6.07 Å². The van der Waals surface area contributed by atoms with E-state index in [-0.39, 0.29) is 17.9 Å². The predicted octanol–water partition coefficient (Wildman–Crippen LogP) is 2.89. The molecule has 0 atom stereocenters. The van der Waals surface area contributed by atoms with Crippen molar-refractivity contribution in [2.45, 2.75) is 12.7 Å². The molecule has 2 aromatic rings. The van der Waals surface area contributed by atoms with Crippen molar-refractivity contribution < 1.29 is 22.3 Å². The second kappa shape index (κ2) is 5.41. The summed E-state index contributed by atoms with van der Waals surface area (Å²) in [6.45, 7) is 0.00612. The van der Waals surface area contributed by atoms with Crippen molar-refractivity contribution in [1.29, 1.82) is 0 Å². The Morgan fingerprint density at radius 1 is 1.20 bits per heavy atom. The van der Waals surface area contributed by atoms with Gasteiger partial charge in [0.15, 0.2) is 5.69 Å². The second-order valence-corrected chi connectivity index (χ2v) is 3.78. The molecule has 1 heterocycles. The van der Waals surface area contributed by atoms with E-state index < -0.39 is 23.7 Å². The number of ether oxygens (including phenoxy) is 1. The molecule has 0 radical (unpaired) electrons. The number of benzene rings is 1. The molecule has 0 aliphatic rings. The minimum atomic E-state index is -4.60. The van der Waals surface area contributed by atoms with E-state index in [0.29, 0.717) is 6.07 Å². The average molecular weight is 287 g/mol. The van der Waals surface area contributed by atoms with Gasteiger partial charge in [-0.05, 0) is 12.1 Å². The van der Waals surface area contributed by atoms with Crippen molar-refractivity contribution >= 4 is 0 Å². The molecule has 0 amide bonds. The highest BCUT2D eigenvalue weighted by atomic mass is 19.4. The zero-order chi connectivity index (χ0) is 14.8. The van der Waals surface area contributed by atoms with Gasteiger partial charge in [0.05, 0.1) is 0 Å². The predicted molar refractivity (Wildman–Crippen MR) is 61.4 cm³/mol. The summed E-state index contributed by atoms with van der Waals surface area (Å²) in [6, 6.07) is 3.95. The molecule has 1 aromatic heterocycles. The Morgan fingerprint density at radius 2 is 1.95 bits per heavy atom. The molecule has 0 spiro atoms. The summed E-state index contributed by atoms with van der Waals surface area (Å²) < 4.78 is 55.8. The maximum Gasteiger partial charge on any atom is 0.433 e. The molecule has 0 aliphatic carbocycles. The first-order valence-corrected chi connectivity index (χ1v) is 5.47. The molecule has 0 saturated carbocycles. The van der Waals surface area contributed by atoms with Crippen molar-refractivity contribution in [2.75, 3.05) is 0 Å². The number of rotatable bonds is 3. The van der Waals surface area contributed by atoms with Crippen LogP contribution in [0.2, 0.25) is 0 Å². The molecular formula is C12H9F4N3O. The first-order valence-electron chi connectivity index (χ1n) is 5.47. The average Bonchev–Trinajstić information content (AvgIpc) is 2.38. The van der Waals surface area contributed by atoms with E-state index in [1.807, 2.05) is 0 Å². The van der Waals surface area contributed by atoms with E-state index >= 15 is 0 Å². The third-order valence-corrected chi connectivity index (χ3v) is 2.38. The summed E-state index contributed by atoms with van der Waals surface area (Å²) in [6.07, 6.45) is -3.69. The van der Waals surface area contributed by atoms with Crippen molar-refractivity contribution in [1.82, 2.24) is 9.97 Å². The molecule has 0 saturated heterocycles. The van der Waals surface area contributed by atoms with Crippen LogP contribution >= 0.6 is 0 Å². The summed E-state index contributed by atoms with van der Waals surface area (Å²) in [5.41, 5.74) is 4.42. The Morgan fingerprint density at radius 3 is 2.55 bits per heavy atom. The number of nitrogens with two attached hydrogens (primary N) is 1. The summed E-state index contributed by atoms with van der Waals surface area (Å²) in [5, 5.41) is 0. The molecule has 20 heavy (non-hydrogen) atoms. The number of hydrogen-bond acceptors (Lipinski definition) is 4. The lowest BCUT2D eigenvalue weighted by atomic mass is 10.2. The summed E-state index contributed by atoms with van der Waals surface area (Å²) >= 11 is 0. The van der Waals surface area contributed by atoms with E-state index in [1.165, 1.54) is 12.1 Å². The summed E-state index contributed by atoms with van der Waals surface area (Å²) in [5.74, 6) is -0.629. The Hall–Kier alpha value is -2.22. The third-order valence-electron chi connectivity index (χ3n) is 2.38. The highest BCUT2D eigenvalue weighted by Crippen LogP contribution is 2.29. The zero-order valence-corrected chi connectivity index (χ0v) is 9.99. The van der Waals surface area contributed by atoms with Gasteiger partial charge in [-0.3, -0.25) is 0 Å². The Bertz CT molecular complexity index is 616. The standard InChI is InChI=1S/C12H9F4N3O/c13-9-5-8(2-1-7(9)6-17)20-11-18-4-3-10(19-11)12(14,15)16/h1-5H,6,17H2. The van der Waals surface area contributed by atoms with Gasteiger partial charge in [0.25, 0.3) is 0 Å². The van der Waals surface area contributed by atoms with Gasteiger partial charge in [-0.2, -0.15) is 18.2 Å². The van der Waals surface area contributed by atoms with Crippen molar-refractivity contribution in [2.24, 2.45) is 5.73 Å². The molecule has 0 bridgehead atoms. The zero-order valence-electron chi connectivity index (χ0n) is 9.99. The molecule has 8 heteroatoms. The molecule has 2 rings (SSSR count). The Labute approximate surface area is 111 Å². The number of halogens is 4. The van der Waals surface area contributed by atoms with E-state index in [4.69, 9.17) is 10.5 Å². The van der Waals surface area contributed by atoms with Crippen LogP contribution in [0.4, 0.5) is 17.6 Å². The number of alkyl halides is 3. The van der Waals surface area contributed by atoms with Crippen LogP contribution in [0.15, 0.2) is 30.5 Å². The van der Waals surface area contributed by atoms with Crippen molar-refractivity contribution in [3.63, 3.8) is 0 Å². The van der Waals surface area contributed by atoms with Gasteiger partial charge >= 0.3 is 12.2 Å². The van der Waals surface area contributed by atoms with Crippen molar-refractivity contribution in [3.8, 4) is 11.8 Å². The van der Waals surface area contributed by atoms with Gasteiger partial charge in [-0.25, -0.2) is 9.37 Å². The largest absolute Gasteiger partial charge is 0.433 e. The van der Waals surface area contributed by atoms with E-state index in [2.05, 4.69) is 9.97 Å². The number of nitrogens with zero attached hydrogens (tertiary/aromatic N) is 2. The lowest BCUT2D eigenvalue weighted by Crippen LogP contribution is -2.09. The molecule has 4 nitrogen and oxygen atoms in total. The monoisotopic (exact) mass is 287 g/mol. The van der Waals surface area contributed by atoms with Gasteiger partial charge < -0.3 is 10.5 Å². The van der Waals surface area contributed by atoms with Crippen LogP contribution in [-0.2, 0) is 12.7 Å². The van der Waals surface area contributed by atoms with Crippen LogP contribution in [0.1, 0.15) is 11.3 Å². The van der Waals surface area contributed by atoms with Crippen LogP contribution in [0.3, 0.4) is 0 Å². The minimum absolute atomic E-state index is 0.00612. The lowest BCUT2D eigenvalue weighted by molar-refractivity contribution is -0.141. The van der Waals surface area contributed by atoms with E-state index in [0.717, 1.165) is 12.3 Å². The topological polar surface area (TPSA) is 61.0 Å². The fourth-order valence-corrected chi connectivity index (χ4v) is 1.41. The Balaban J connectivity index is 2.24. The van der Waals surface area contributed by atoms with E-state index in [1.54, 1.807) is 0 Å². The fourth-order valence-electron chi connectivity index (χ4n) is 1.41. The van der Waals surface area contributed by atoms with Crippen LogP contribution in [-0.4, -0.2) is 9.97 Å². The number of hydrogen-bond donors (Lipinski definition) is 1. The lowest BCUT2D eigenvalue weighted by Gasteiger charge is -2.08. The highest BCUT2D eigenvalue weighted by Gasteiger charge is 2.33. The maximum atomic E-state index is 13.4. The molecule has 1 aromatic carbocycles. The Kier molecular flexibility index (Phi) is 3.84.